The van der Waals surface area contributed by atoms with Gasteiger partial charge in [-0.2, -0.15) is 0 Å². The van der Waals surface area contributed by atoms with Crippen LogP contribution in [0.1, 0.15) is 43.5 Å². The Morgan fingerprint density at radius 2 is 1.28 bits per heavy atom. The van der Waals surface area contributed by atoms with Gasteiger partial charge >= 0.3 is 0 Å². The van der Waals surface area contributed by atoms with Crippen LogP contribution in [0, 0.1) is 0 Å². The number of benzene rings is 2. The van der Waals surface area contributed by atoms with E-state index in [2.05, 4.69) is 21.3 Å². The number of hydrogen-bond donors (Lipinski definition) is 4. The first kappa shape index (κ1) is 21.9. The highest BCUT2D eigenvalue weighted by Crippen LogP contribution is 2.14. The maximum atomic E-state index is 12.1. The van der Waals surface area contributed by atoms with E-state index in [9.17, 15) is 14.4 Å². The van der Waals surface area contributed by atoms with Crippen molar-refractivity contribution in [1.82, 2.24) is 5.32 Å². The molecule has 0 aliphatic carbocycles. The van der Waals surface area contributed by atoms with E-state index < -0.39 is 0 Å². The summed E-state index contributed by atoms with van der Waals surface area (Å²) in [7, 11) is 0. The molecule has 0 radical (unpaired) electrons. The topological polar surface area (TPSA) is 99.3 Å². The number of carbonyl (C=O) groups is 3. The van der Waals surface area contributed by atoms with Crippen LogP contribution in [0.5, 0.6) is 0 Å². The van der Waals surface area contributed by atoms with Gasteiger partial charge in [0.15, 0.2) is 0 Å². The first-order valence-electron chi connectivity index (χ1n) is 9.83. The second-order valence-corrected chi connectivity index (χ2v) is 6.61. The van der Waals surface area contributed by atoms with E-state index in [0.29, 0.717) is 29.9 Å². The minimum absolute atomic E-state index is 0.0256. The van der Waals surface area contributed by atoms with E-state index >= 15 is 0 Å². The number of hydrogen-bond acceptors (Lipinski definition) is 4. The molecule has 3 amide bonds. The maximum Gasteiger partial charge on any atom is 0.251 e. The van der Waals surface area contributed by atoms with Gasteiger partial charge in [-0.3, -0.25) is 14.4 Å². The van der Waals surface area contributed by atoms with E-state index in [-0.39, 0.29) is 24.3 Å². The van der Waals surface area contributed by atoms with Crippen LogP contribution in [0.3, 0.4) is 0 Å². The van der Waals surface area contributed by atoms with Crippen molar-refractivity contribution in [3.05, 3.63) is 54.1 Å². The molecule has 7 heteroatoms. The molecule has 0 fully saturated rings. The Bertz CT molecular complexity index is 817. The molecule has 4 N–H and O–H groups in total. The summed E-state index contributed by atoms with van der Waals surface area (Å²) in [6.07, 6.45) is 2.16. The van der Waals surface area contributed by atoms with Crippen molar-refractivity contribution in [3.63, 3.8) is 0 Å². The first-order chi connectivity index (χ1) is 14.0. The normalized spacial score (nSPS) is 10.1. The van der Waals surface area contributed by atoms with Crippen molar-refractivity contribution in [2.75, 3.05) is 29.0 Å². The second-order valence-electron chi connectivity index (χ2n) is 6.61. The molecular weight excluding hydrogens is 368 g/mol. The van der Waals surface area contributed by atoms with Crippen LogP contribution in [0.25, 0.3) is 0 Å². The van der Waals surface area contributed by atoms with E-state index in [4.69, 9.17) is 0 Å². The molecule has 2 rings (SSSR count). The zero-order valence-electron chi connectivity index (χ0n) is 16.9. The summed E-state index contributed by atoms with van der Waals surface area (Å²) in [4.78, 5) is 35.6. The van der Waals surface area contributed by atoms with Crippen LogP contribution in [0.4, 0.5) is 17.1 Å². The summed E-state index contributed by atoms with van der Waals surface area (Å²) in [5, 5.41) is 11.4. The average molecular weight is 396 g/mol. The highest BCUT2D eigenvalue weighted by atomic mass is 16.2. The van der Waals surface area contributed by atoms with E-state index in [1.165, 1.54) is 0 Å². The Balaban J connectivity index is 1.79. The van der Waals surface area contributed by atoms with Crippen molar-refractivity contribution in [1.29, 1.82) is 0 Å². The molecule has 154 valence electrons. The van der Waals surface area contributed by atoms with Crippen molar-refractivity contribution in [3.8, 4) is 0 Å². The van der Waals surface area contributed by atoms with Crippen LogP contribution in [0.15, 0.2) is 48.5 Å². The number of amides is 3. The summed E-state index contributed by atoms with van der Waals surface area (Å²) in [6, 6.07) is 13.9. The average Bonchev–Trinajstić information content (AvgIpc) is 2.72. The van der Waals surface area contributed by atoms with Crippen LogP contribution < -0.4 is 21.3 Å². The van der Waals surface area contributed by atoms with Gasteiger partial charge in [-0.15, -0.1) is 0 Å². The van der Waals surface area contributed by atoms with Gasteiger partial charge in [0.2, 0.25) is 11.8 Å². The van der Waals surface area contributed by atoms with E-state index in [0.717, 1.165) is 18.5 Å². The third-order valence-electron chi connectivity index (χ3n) is 4.07. The van der Waals surface area contributed by atoms with E-state index in [1.807, 2.05) is 13.8 Å². The summed E-state index contributed by atoms with van der Waals surface area (Å²) < 4.78 is 0. The Kier molecular flexibility index (Phi) is 8.69. The number of anilines is 3. The van der Waals surface area contributed by atoms with Gasteiger partial charge in [0.25, 0.3) is 5.91 Å². The smallest absolute Gasteiger partial charge is 0.251 e. The molecule has 0 bridgehead atoms. The predicted octanol–water partition coefficient (Wildman–Crippen LogP) is 3.62. The third-order valence-corrected chi connectivity index (χ3v) is 4.07. The summed E-state index contributed by atoms with van der Waals surface area (Å²) in [5.74, 6) is -0.328. The molecule has 0 spiro atoms. The quantitative estimate of drug-likeness (QED) is 0.493. The van der Waals surface area contributed by atoms with Gasteiger partial charge in [0, 0.05) is 35.6 Å². The van der Waals surface area contributed by atoms with E-state index in [1.54, 1.807) is 48.5 Å². The van der Waals surface area contributed by atoms with Crippen LogP contribution in [0.2, 0.25) is 0 Å². The lowest BCUT2D eigenvalue weighted by Gasteiger charge is -2.10. The lowest BCUT2D eigenvalue weighted by molar-refractivity contribution is -0.116. The molecule has 0 aliphatic heterocycles. The van der Waals surface area contributed by atoms with Crippen molar-refractivity contribution in [2.24, 2.45) is 0 Å². The van der Waals surface area contributed by atoms with Gasteiger partial charge in [-0.25, -0.2) is 0 Å². The molecule has 0 atom stereocenters. The largest absolute Gasteiger partial charge is 0.376 e. The molecule has 0 saturated heterocycles. The fourth-order valence-corrected chi connectivity index (χ4v) is 2.56. The lowest BCUT2D eigenvalue weighted by Crippen LogP contribution is -2.24. The van der Waals surface area contributed by atoms with Gasteiger partial charge in [-0.1, -0.05) is 13.8 Å². The predicted molar refractivity (Wildman–Crippen MR) is 116 cm³/mol. The highest BCUT2D eigenvalue weighted by molar-refractivity contribution is 5.96. The molecule has 0 heterocycles. The van der Waals surface area contributed by atoms with Crippen LogP contribution in [-0.2, 0) is 9.59 Å². The zero-order chi connectivity index (χ0) is 21.1. The molecule has 2 aromatic carbocycles. The lowest BCUT2D eigenvalue weighted by atomic mass is 10.2. The Morgan fingerprint density at radius 3 is 1.83 bits per heavy atom. The molecule has 7 nitrogen and oxygen atoms in total. The molecule has 29 heavy (non-hydrogen) atoms. The number of rotatable bonds is 10. The summed E-state index contributed by atoms with van der Waals surface area (Å²) in [5.41, 5.74) is 2.68. The minimum Gasteiger partial charge on any atom is -0.376 e. The van der Waals surface area contributed by atoms with Crippen molar-refractivity contribution < 1.29 is 14.4 Å². The van der Waals surface area contributed by atoms with Gasteiger partial charge in [0.05, 0.1) is 6.54 Å². The molecular formula is C22H28N4O3. The number of carbonyl (C=O) groups excluding carboxylic acids is 3. The fourth-order valence-electron chi connectivity index (χ4n) is 2.56. The molecule has 0 saturated carbocycles. The van der Waals surface area contributed by atoms with Crippen LogP contribution in [-0.4, -0.2) is 30.8 Å². The Hall–Kier alpha value is -3.35. The van der Waals surface area contributed by atoms with Crippen LogP contribution >= 0.6 is 0 Å². The summed E-state index contributed by atoms with van der Waals surface area (Å²) in [6.45, 7) is 4.69. The first-order valence-corrected chi connectivity index (χ1v) is 9.83. The second kappa shape index (κ2) is 11.5. The SMILES string of the molecule is CCCNC(=O)c1ccc(NCC(=O)Nc2ccc(NC(=O)CCC)cc2)cc1. The zero-order valence-corrected chi connectivity index (χ0v) is 16.9. The fraction of sp³-hybridized carbons (Fsp3) is 0.318. The standard InChI is InChI=1S/C22H28N4O3/c1-3-5-20(27)25-18-10-12-19(13-11-18)26-21(28)15-24-17-8-6-16(7-9-17)22(29)23-14-4-2/h6-13,24H,3-5,14-15H2,1-2H3,(H,23,29)(H,25,27)(H,26,28). The molecule has 2 aromatic rings. The minimum atomic E-state index is -0.197. The monoisotopic (exact) mass is 396 g/mol. The van der Waals surface area contributed by atoms with Gasteiger partial charge in [-0.05, 0) is 61.4 Å². The van der Waals surface area contributed by atoms with Gasteiger partial charge in [0.1, 0.15) is 0 Å². The molecule has 0 aliphatic rings. The Labute approximate surface area is 171 Å². The number of nitrogens with one attached hydrogen (secondary N) is 4. The third kappa shape index (κ3) is 7.65. The van der Waals surface area contributed by atoms with Crippen molar-refractivity contribution >= 4 is 34.8 Å². The highest BCUT2D eigenvalue weighted by Gasteiger charge is 2.06. The maximum absolute atomic E-state index is 12.1. The van der Waals surface area contributed by atoms with Crippen molar-refractivity contribution in [2.45, 2.75) is 33.1 Å². The van der Waals surface area contributed by atoms with Gasteiger partial charge < -0.3 is 21.3 Å². The molecule has 0 aromatic heterocycles. The Morgan fingerprint density at radius 1 is 0.724 bits per heavy atom. The molecule has 0 unspecified atom stereocenters. The summed E-state index contributed by atoms with van der Waals surface area (Å²) >= 11 is 0.